The zero-order valence-corrected chi connectivity index (χ0v) is 11.2. The summed E-state index contributed by atoms with van der Waals surface area (Å²) in [6.07, 6.45) is 2.62. The molecule has 1 aromatic carbocycles. The molecule has 1 heterocycles. The van der Waals surface area contributed by atoms with E-state index in [-0.39, 0.29) is 0 Å². The highest BCUT2D eigenvalue weighted by molar-refractivity contribution is 5.23. The third-order valence-electron chi connectivity index (χ3n) is 3.97. The van der Waals surface area contributed by atoms with E-state index in [0.717, 1.165) is 0 Å². The van der Waals surface area contributed by atoms with Gasteiger partial charge in [-0.2, -0.15) is 0 Å². The van der Waals surface area contributed by atoms with Gasteiger partial charge >= 0.3 is 0 Å². The molecule has 1 aliphatic rings. The Kier molecular flexibility index (Phi) is 4.19. The van der Waals surface area contributed by atoms with Crippen molar-refractivity contribution in [3.63, 3.8) is 0 Å². The van der Waals surface area contributed by atoms with Crippen molar-refractivity contribution in [3.8, 4) is 0 Å². The number of piperidine rings is 1. The van der Waals surface area contributed by atoms with Crippen LogP contribution in [-0.2, 0) is 0 Å². The predicted octanol–water partition coefficient (Wildman–Crippen LogP) is 2.74. The molecule has 94 valence electrons. The van der Waals surface area contributed by atoms with Crippen LogP contribution in [0, 0.1) is 6.92 Å². The molecule has 2 unspecified atom stereocenters. The molecule has 1 saturated heterocycles. The largest absolute Gasteiger partial charge is 0.316 e. The van der Waals surface area contributed by atoms with E-state index < -0.39 is 0 Å². The first kappa shape index (κ1) is 12.6. The molecule has 0 spiro atoms. The van der Waals surface area contributed by atoms with Crippen molar-refractivity contribution in [1.82, 2.24) is 10.2 Å². The summed E-state index contributed by atoms with van der Waals surface area (Å²) >= 11 is 0. The molecule has 0 aliphatic carbocycles. The molecular formula is C15H24N2. The maximum absolute atomic E-state index is 3.41. The predicted molar refractivity (Wildman–Crippen MR) is 73.2 cm³/mol. The van der Waals surface area contributed by atoms with Crippen LogP contribution in [0.1, 0.15) is 36.9 Å². The number of likely N-dealkylation sites (tertiary alicyclic amines) is 1. The van der Waals surface area contributed by atoms with Gasteiger partial charge in [-0.05, 0) is 45.8 Å². The van der Waals surface area contributed by atoms with Gasteiger partial charge in [0.1, 0.15) is 0 Å². The fourth-order valence-corrected chi connectivity index (χ4v) is 2.65. The van der Waals surface area contributed by atoms with E-state index in [1.165, 1.54) is 37.1 Å². The standard InChI is InChI=1S/C15H24N2/c1-12-6-8-14(9-7-12)13(2)17-10-4-5-15(11-17)16-3/h6-9,13,15-16H,4-5,10-11H2,1-3H3. The number of benzene rings is 1. The number of aryl methyl sites for hydroxylation is 1. The summed E-state index contributed by atoms with van der Waals surface area (Å²) in [5.74, 6) is 0. The van der Waals surface area contributed by atoms with Crippen LogP contribution in [-0.4, -0.2) is 31.1 Å². The molecule has 0 aromatic heterocycles. The fraction of sp³-hybridized carbons (Fsp3) is 0.600. The quantitative estimate of drug-likeness (QED) is 0.862. The van der Waals surface area contributed by atoms with Gasteiger partial charge in [0.15, 0.2) is 0 Å². The molecule has 2 rings (SSSR count). The smallest absolute Gasteiger partial charge is 0.0320 e. The molecule has 2 heteroatoms. The Morgan fingerprint density at radius 2 is 2.00 bits per heavy atom. The molecule has 1 fully saturated rings. The Morgan fingerprint density at radius 3 is 2.65 bits per heavy atom. The van der Waals surface area contributed by atoms with Crippen LogP contribution in [0.2, 0.25) is 0 Å². The summed E-state index contributed by atoms with van der Waals surface area (Å²) in [6, 6.07) is 10.2. The van der Waals surface area contributed by atoms with Crippen molar-refractivity contribution in [2.75, 3.05) is 20.1 Å². The summed E-state index contributed by atoms with van der Waals surface area (Å²) < 4.78 is 0. The van der Waals surface area contributed by atoms with Crippen molar-refractivity contribution in [1.29, 1.82) is 0 Å². The lowest BCUT2D eigenvalue weighted by Crippen LogP contribution is -2.45. The van der Waals surface area contributed by atoms with Gasteiger partial charge in [-0.15, -0.1) is 0 Å². The van der Waals surface area contributed by atoms with Crippen molar-refractivity contribution in [2.24, 2.45) is 0 Å². The molecule has 1 N–H and O–H groups in total. The molecule has 2 nitrogen and oxygen atoms in total. The summed E-state index contributed by atoms with van der Waals surface area (Å²) in [7, 11) is 2.07. The number of nitrogens with one attached hydrogen (secondary N) is 1. The lowest BCUT2D eigenvalue weighted by molar-refractivity contribution is 0.149. The molecular weight excluding hydrogens is 208 g/mol. The van der Waals surface area contributed by atoms with Crippen molar-refractivity contribution < 1.29 is 0 Å². The van der Waals surface area contributed by atoms with Crippen LogP contribution in [0.5, 0.6) is 0 Å². The number of likely N-dealkylation sites (N-methyl/N-ethyl adjacent to an activating group) is 1. The highest BCUT2D eigenvalue weighted by atomic mass is 15.2. The Morgan fingerprint density at radius 1 is 1.29 bits per heavy atom. The Balaban J connectivity index is 2.03. The summed E-state index contributed by atoms with van der Waals surface area (Å²) in [5, 5.41) is 3.41. The minimum Gasteiger partial charge on any atom is -0.316 e. The van der Waals surface area contributed by atoms with Crippen molar-refractivity contribution in [3.05, 3.63) is 35.4 Å². The molecule has 0 amide bonds. The van der Waals surface area contributed by atoms with Crippen LogP contribution < -0.4 is 5.32 Å². The lowest BCUT2D eigenvalue weighted by Gasteiger charge is -2.37. The zero-order chi connectivity index (χ0) is 12.3. The number of hydrogen-bond acceptors (Lipinski definition) is 2. The Labute approximate surface area is 105 Å². The second kappa shape index (κ2) is 5.65. The van der Waals surface area contributed by atoms with Gasteiger partial charge in [0.05, 0.1) is 0 Å². The van der Waals surface area contributed by atoms with E-state index in [9.17, 15) is 0 Å². The normalized spacial score (nSPS) is 23.6. The monoisotopic (exact) mass is 232 g/mol. The lowest BCUT2D eigenvalue weighted by atomic mass is 10.00. The van der Waals surface area contributed by atoms with E-state index in [2.05, 4.69) is 55.4 Å². The summed E-state index contributed by atoms with van der Waals surface area (Å²) in [4.78, 5) is 2.59. The second-order valence-corrected chi connectivity index (χ2v) is 5.21. The van der Waals surface area contributed by atoms with E-state index in [4.69, 9.17) is 0 Å². The zero-order valence-electron chi connectivity index (χ0n) is 11.2. The first-order valence-corrected chi connectivity index (χ1v) is 6.68. The van der Waals surface area contributed by atoms with Gasteiger partial charge in [0.25, 0.3) is 0 Å². The molecule has 17 heavy (non-hydrogen) atoms. The average Bonchev–Trinajstić information content (AvgIpc) is 2.39. The molecule has 0 radical (unpaired) electrons. The van der Waals surface area contributed by atoms with Gasteiger partial charge < -0.3 is 5.32 Å². The van der Waals surface area contributed by atoms with E-state index in [0.29, 0.717) is 12.1 Å². The maximum Gasteiger partial charge on any atom is 0.0320 e. The molecule has 0 bridgehead atoms. The van der Waals surface area contributed by atoms with Gasteiger partial charge in [-0.25, -0.2) is 0 Å². The van der Waals surface area contributed by atoms with Gasteiger partial charge in [0, 0.05) is 18.6 Å². The summed E-state index contributed by atoms with van der Waals surface area (Å²) in [6.45, 7) is 6.87. The van der Waals surface area contributed by atoms with Crippen LogP contribution >= 0.6 is 0 Å². The maximum atomic E-state index is 3.41. The van der Waals surface area contributed by atoms with E-state index in [1.54, 1.807) is 0 Å². The first-order chi connectivity index (χ1) is 8.20. The van der Waals surface area contributed by atoms with E-state index >= 15 is 0 Å². The van der Waals surface area contributed by atoms with Crippen molar-refractivity contribution in [2.45, 2.75) is 38.8 Å². The van der Waals surface area contributed by atoms with Crippen molar-refractivity contribution >= 4 is 0 Å². The third kappa shape index (κ3) is 3.08. The molecule has 1 aromatic rings. The van der Waals surface area contributed by atoms with Gasteiger partial charge in [-0.3, -0.25) is 4.90 Å². The number of rotatable bonds is 3. The van der Waals surface area contributed by atoms with Gasteiger partial charge in [-0.1, -0.05) is 29.8 Å². The third-order valence-corrected chi connectivity index (χ3v) is 3.97. The second-order valence-electron chi connectivity index (χ2n) is 5.21. The van der Waals surface area contributed by atoms with Crippen LogP contribution in [0.3, 0.4) is 0 Å². The Hall–Kier alpha value is -0.860. The first-order valence-electron chi connectivity index (χ1n) is 6.68. The average molecular weight is 232 g/mol. The SMILES string of the molecule is CNC1CCCN(C(C)c2ccc(C)cc2)C1. The number of hydrogen-bond donors (Lipinski definition) is 1. The highest BCUT2D eigenvalue weighted by Crippen LogP contribution is 2.24. The van der Waals surface area contributed by atoms with Crippen LogP contribution in [0.25, 0.3) is 0 Å². The molecule has 2 atom stereocenters. The Bertz CT molecular complexity index is 344. The minimum absolute atomic E-state index is 0.534. The summed E-state index contributed by atoms with van der Waals surface area (Å²) in [5.41, 5.74) is 2.78. The highest BCUT2D eigenvalue weighted by Gasteiger charge is 2.23. The molecule has 0 saturated carbocycles. The minimum atomic E-state index is 0.534. The van der Waals surface area contributed by atoms with Gasteiger partial charge in [0.2, 0.25) is 0 Å². The topological polar surface area (TPSA) is 15.3 Å². The number of nitrogens with zero attached hydrogens (tertiary/aromatic N) is 1. The van der Waals surface area contributed by atoms with Crippen LogP contribution in [0.4, 0.5) is 0 Å². The fourth-order valence-electron chi connectivity index (χ4n) is 2.65. The van der Waals surface area contributed by atoms with Crippen LogP contribution in [0.15, 0.2) is 24.3 Å². The molecule has 1 aliphatic heterocycles. The van der Waals surface area contributed by atoms with E-state index in [1.807, 2.05) is 0 Å².